The van der Waals surface area contributed by atoms with Crippen LogP contribution in [0.4, 0.5) is 0 Å². The van der Waals surface area contributed by atoms with Crippen LogP contribution in [-0.4, -0.2) is 56.0 Å². The molecule has 0 bridgehead atoms. The first-order valence-electron chi connectivity index (χ1n) is 10.2. The van der Waals surface area contributed by atoms with E-state index in [1.165, 1.54) is 24.9 Å². The van der Waals surface area contributed by atoms with Crippen LogP contribution < -0.4 is 0 Å². The lowest BCUT2D eigenvalue weighted by Gasteiger charge is -2.23. The summed E-state index contributed by atoms with van der Waals surface area (Å²) in [6.45, 7) is 16.6. The van der Waals surface area contributed by atoms with Crippen LogP contribution in [0.5, 0.6) is 0 Å². The van der Waals surface area contributed by atoms with E-state index in [0.717, 1.165) is 31.1 Å². The van der Waals surface area contributed by atoms with E-state index in [1.807, 2.05) is 0 Å². The zero-order valence-electron chi connectivity index (χ0n) is 18.3. The molecule has 6 heteroatoms. The summed E-state index contributed by atoms with van der Waals surface area (Å²) in [4.78, 5) is 0. The highest BCUT2D eigenvalue weighted by Crippen LogP contribution is 2.13. The summed E-state index contributed by atoms with van der Waals surface area (Å²) in [6.07, 6.45) is 3.38. The first kappa shape index (κ1) is 26.3. The molecule has 0 N–H and O–H groups in total. The van der Waals surface area contributed by atoms with Gasteiger partial charge in [-0.15, -0.1) is 0 Å². The SMILES string of the molecule is CC(C)OC(C[Si]CCCC[Si]CC(OC(C)C)OC(C)C)OC(C)C. The third-order valence-corrected chi connectivity index (χ3v) is 5.93. The summed E-state index contributed by atoms with van der Waals surface area (Å²) >= 11 is 0. The lowest BCUT2D eigenvalue weighted by Crippen LogP contribution is -2.25. The van der Waals surface area contributed by atoms with Crippen LogP contribution >= 0.6 is 0 Å². The van der Waals surface area contributed by atoms with Gasteiger partial charge in [-0.3, -0.25) is 0 Å². The standard InChI is InChI=1S/C20H42O4Si2/c1-15(2)21-19(22-16(3)4)13-25-11-9-10-12-26-14-20(23-17(5)6)24-18(7)8/h15-20H,9-14H2,1-8H3. The van der Waals surface area contributed by atoms with Crippen molar-refractivity contribution in [1.82, 2.24) is 0 Å². The second-order valence-corrected chi connectivity index (χ2v) is 10.5. The minimum Gasteiger partial charge on any atom is -0.350 e. The van der Waals surface area contributed by atoms with Crippen LogP contribution in [0.15, 0.2) is 0 Å². The Bertz CT molecular complexity index is 262. The lowest BCUT2D eigenvalue weighted by atomic mass is 10.4. The monoisotopic (exact) mass is 402 g/mol. The van der Waals surface area contributed by atoms with Gasteiger partial charge in [0.2, 0.25) is 0 Å². The summed E-state index contributed by atoms with van der Waals surface area (Å²) in [5.41, 5.74) is 0. The lowest BCUT2D eigenvalue weighted by molar-refractivity contribution is -0.170. The van der Waals surface area contributed by atoms with E-state index in [2.05, 4.69) is 55.4 Å². The second-order valence-electron chi connectivity index (χ2n) is 7.71. The molecule has 0 saturated heterocycles. The number of hydrogen-bond acceptors (Lipinski definition) is 4. The third-order valence-electron chi connectivity index (χ3n) is 3.27. The summed E-state index contributed by atoms with van der Waals surface area (Å²) < 4.78 is 23.4. The summed E-state index contributed by atoms with van der Waals surface area (Å²) in [5, 5.41) is 0. The zero-order chi connectivity index (χ0) is 19.9. The van der Waals surface area contributed by atoms with Crippen LogP contribution in [-0.2, 0) is 18.9 Å². The van der Waals surface area contributed by atoms with Gasteiger partial charge >= 0.3 is 0 Å². The van der Waals surface area contributed by atoms with E-state index < -0.39 is 0 Å². The fourth-order valence-electron chi connectivity index (χ4n) is 2.41. The molecular weight excluding hydrogens is 360 g/mol. The molecule has 0 heterocycles. The number of unbranched alkanes of at least 4 members (excludes halogenated alkanes) is 1. The van der Waals surface area contributed by atoms with Crippen molar-refractivity contribution in [3.63, 3.8) is 0 Å². The third kappa shape index (κ3) is 17.7. The molecule has 0 aliphatic heterocycles. The predicted octanol–water partition coefficient (Wildman–Crippen LogP) is 5.20. The molecule has 4 radical (unpaired) electrons. The van der Waals surface area contributed by atoms with Crippen molar-refractivity contribution in [3.05, 3.63) is 0 Å². The molecule has 154 valence electrons. The molecule has 0 fully saturated rings. The molecule has 0 aromatic heterocycles. The smallest absolute Gasteiger partial charge is 0.155 e. The van der Waals surface area contributed by atoms with Crippen molar-refractivity contribution in [3.8, 4) is 0 Å². The Morgan fingerprint density at radius 1 is 0.500 bits per heavy atom. The maximum atomic E-state index is 5.85. The van der Waals surface area contributed by atoms with E-state index in [4.69, 9.17) is 18.9 Å². The molecule has 0 aliphatic carbocycles. The van der Waals surface area contributed by atoms with Crippen molar-refractivity contribution in [1.29, 1.82) is 0 Å². The summed E-state index contributed by atoms with van der Waals surface area (Å²) in [5.74, 6) is 0. The van der Waals surface area contributed by atoms with Gasteiger partial charge in [-0.2, -0.15) is 0 Å². The number of hydrogen-bond donors (Lipinski definition) is 0. The molecule has 0 unspecified atom stereocenters. The van der Waals surface area contributed by atoms with Crippen molar-refractivity contribution >= 4 is 19.0 Å². The van der Waals surface area contributed by atoms with Gasteiger partial charge in [0.25, 0.3) is 0 Å². The minimum absolute atomic E-state index is 0.0441. The highest BCUT2D eigenvalue weighted by atomic mass is 28.2. The van der Waals surface area contributed by atoms with E-state index in [0.29, 0.717) is 0 Å². The van der Waals surface area contributed by atoms with Crippen molar-refractivity contribution < 1.29 is 18.9 Å². The Labute approximate surface area is 167 Å². The average molecular weight is 403 g/mol. The fourth-order valence-corrected chi connectivity index (χ4v) is 4.68. The van der Waals surface area contributed by atoms with E-state index in [9.17, 15) is 0 Å². The van der Waals surface area contributed by atoms with Crippen LogP contribution in [0.25, 0.3) is 0 Å². The maximum absolute atomic E-state index is 5.85. The molecule has 0 spiro atoms. The maximum Gasteiger partial charge on any atom is 0.155 e. The van der Waals surface area contributed by atoms with Gasteiger partial charge in [0.05, 0.1) is 24.4 Å². The van der Waals surface area contributed by atoms with Crippen molar-refractivity contribution in [2.24, 2.45) is 0 Å². The molecule has 0 saturated carbocycles. The number of ether oxygens (including phenoxy) is 4. The minimum atomic E-state index is -0.0441. The topological polar surface area (TPSA) is 36.9 Å². The summed E-state index contributed by atoms with van der Waals surface area (Å²) in [7, 11) is 1.83. The van der Waals surface area contributed by atoms with Gasteiger partial charge in [0, 0.05) is 19.0 Å². The van der Waals surface area contributed by atoms with Gasteiger partial charge in [-0.1, -0.05) is 24.9 Å². The molecule has 26 heavy (non-hydrogen) atoms. The van der Waals surface area contributed by atoms with Gasteiger partial charge in [0.1, 0.15) is 0 Å². The van der Waals surface area contributed by atoms with E-state index >= 15 is 0 Å². The first-order chi connectivity index (χ1) is 12.2. The van der Waals surface area contributed by atoms with Crippen LogP contribution in [0.2, 0.25) is 24.2 Å². The van der Waals surface area contributed by atoms with Crippen LogP contribution in [0.1, 0.15) is 68.2 Å². The largest absolute Gasteiger partial charge is 0.350 e. The molecule has 0 rings (SSSR count). The molecule has 0 aliphatic rings. The molecule has 4 nitrogen and oxygen atoms in total. The molecule has 0 aromatic carbocycles. The number of rotatable bonds is 17. The Morgan fingerprint density at radius 3 is 1.00 bits per heavy atom. The highest BCUT2D eigenvalue weighted by molar-refractivity contribution is 6.36. The Balaban J connectivity index is 3.77. The normalized spacial score (nSPS) is 12.7. The summed E-state index contributed by atoms with van der Waals surface area (Å²) in [6, 6.07) is 4.59. The van der Waals surface area contributed by atoms with Gasteiger partial charge in [-0.05, 0) is 67.5 Å². The van der Waals surface area contributed by atoms with Gasteiger partial charge < -0.3 is 18.9 Å². The van der Waals surface area contributed by atoms with E-state index in [-0.39, 0.29) is 37.0 Å². The zero-order valence-corrected chi connectivity index (χ0v) is 20.3. The van der Waals surface area contributed by atoms with Crippen molar-refractivity contribution in [2.45, 2.75) is 129 Å². The Morgan fingerprint density at radius 2 is 0.769 bits per heavy atom. The van der Waals surface area contributed by atoms with Crippen LogP contribution in [0.3, 0.4) is 0 Å². The fraction of sp³-hybridized carbons (Fsp3) is 1.00. The van der Waals surface area contributed by atoms with Crippen LogP contribution in [0, 0.1) is 0 Å². The molecule has 0 amide bonds. The predicted molar refractivity (Wildman–Crippen MR) is 112 cm³/mol. The second kappa shape index (κ2) is 16.2. The Hall–Kier alpha value is 0.274. The molecular formula is C20H42O4Si2. The first-order valence-corrected chi connectivity index (χ1v) is 13.1. The van der Waals surface area contributed by atoms with E-state index in [1.54, 1.807) is 0 Å². The van der Waals surface area contributed by atoms with Crippen molar-refractivity contribution in [2.75, 3.05) is 0 Å². The highest BCUT2D eigenvalue weighted by Gasteiger charge is 2.14. The molecule has 0 aromatic rings. The average Bonchev–Trinajstić information content (AvgIpc) is 2.47. The molecule has 0 atom stereocenters. The van der Waals surface area contributed by atoms with Gasteiger partial charge in [-0.25, -0.2) is 0 Å². The quantitative estimate of drug-likeness (QED) is 0.190. The Kier molecular flexibility index (Phi) is 16.4. The van der Waals surface area contributed by atoms with Gasteiger partial charge in [0.15, 0.2) is 12.6 Å².